The van der Waals surface area contributed by atoms with E-state index in [1.54, 1.807) is 12.4 Å². The third-order valence-corrected chi connectivity index (χ3v) is 5.90. The molecule has 0 radical (unpaired) electrons. The standard InChI is InChI=1S/C23H23N3O/c27-23-21(19-7-4-10-24-12-19)8-9-22-20-11-18(15-26(22)23)14-25(16-20)13-17-5-2-1-3-6-17/h1-10,12,18,20H,11,13-16H2. The van der Waals surface area contributed by atoms with Gasteiger partial charge in [-0.2, -0.15) is 0 Å². The van der Waals surface area contributed by atoms with Gasteiger partial charge < -0.3 is 4.57 Å². The molecule has 1 aromatic carbocycles. The number of fused-ring (bicyclic) bond motifs is 4. The predicted octanol–water partition coefficient (Wildman–Crippen LogP) is 3.53. The summed E-state index contributed by atoms with van der Waals surface area (Å²) in [4.78, 5) is 19.9. The van der Waals surface area contributed by atoms with Crippen molar-refractivity contribution in [3.05, 3.63) is 88.6 Å². The summed E-state index contributed by atoms with van der Waals surface area (Å²) >= 11 is 0. The monoisotopic (exact) mass is 357 g/mol. The fraction of sp³-hybridized carbons (Fsp3) is 0.304. The second kappa shape index (κ2) is 6.78. The molecule has 0 N–H and O–H groups in total. The molecule has 2 aliphatic heterocycles. The third kappa shape index (κ3) is 3.10. The lowest BCUT2D eigenvalue weighted by molar-refractivity contribution is 0.114. The fourth-order valence-electron chi connectivity index (χ4n) is 4.76. The van der Waals surface area contributed by atoms with E-state index in [1.165, 1.54) is 17.7 Å². The zero-order chi connectivity index (χ0) is 18.2. The van der Waals surface area contributed by atoms with Crippen molar-refractivity contribution >= 4 is 0 Å². The normalized spacial score (nSPS) is 21.6. The third-order valence-electron chi connectivity index (χ3n) is 5.90. The molecule has 1 saturated heterocycles. The number of benzene rings is 1. The van der Waals surface area contributed by atoms with Crippen molar-refractivity contribution in [1.82, 2.24) is 14.5 Å². The maximum absolute atomic E-state index is 13.1. The van der Waals surface area contributed by atoms with E-state index in [0.29, 0.717) is 11.8 Å². The first-order chi connectivity index (χ1) is 13.3. The molecule has 2 bridgehead atoms. The minimum atomic E-state index is 0.131. The summed E-state index contributed by atoms with van der Waals surface area (Å²) in [6.07, 6.45) is 4.71. The maximum atomic E-state index is 13.1. The molecule has 4 heteroatoms. The highest BCUT2D eigenvalue weighted by atomic mass is 16.1. The average Bonchev–Trinajstić information content (AvgIpc) is 2.70. The van der Waals surface area contributed by atoms with E-state index in [-0.39, 0.29) is 5.56 Å². The van der Waals surface area contributed by atoms with Crippen LogP contribution in [0.15, 0.2) is 71.8 Å². The first kappa shape index (κ1) is 16.5. The maximum Gasteiger partial charge on any atom is 0.258 e. The average molecular weight is 357 g/mol. The largest absolute Gasteiger partial charge is 0.311 e. The van der Waals surface area contributed by atoms with E-state index in [9.17, 15) is 4.79 Å². The van der Waals surface area contributed by atoms with Gasteiger partial charge in [-0.15, -0.1) is 0 Å². The molecule has 3 aromatic rings. The molecule has 27 heavy (non-hydrogen) atoms. The van der Waals surface area contributed by atoms with Crippen molar-refractivity contribution in [2.24, 2.45) is 5.92 Å². The van der Waals surface area contributed by atoms with Gasteiger partial charge in [0.25, 0.3) is 5.56 Å². The van der Waals surface area contributed by atoms with Crippen LogP contribution in [0.2, 0.25) is 0 Å². The van der Waals surface area contributed by atoms with Gasteiger partial charge in [0.05, 0.1) is 0 Å². The van der Waals surface area contributed by atoms with Crippen LogP contribution in [0.25, 0.3) is 11.1 Å². The number of likely N-dealkylation sites (tertiary alicyclic amines) is 1. The molecule has 0 amide bonds. The molecule has 0 saturated carbocycles. The molecule has 4 nitrogen and oxygen atoms in total. The highest BCUT2D eigenvalue weighted by Gasteiger charge is 2.34. The second-order valence-corrected chi connectivity index (χ2v) is 7.81. The van der Waals surface area contributed by atoms with Gasteiger partial charge in [0, 0.05) is 61.3 Å². The molecule has 2 aliphatic rings. The number of pyridine rings is 2. The molecular weight excluding hydrogens is 334 g/mol. The van der Waals surface area contributed by atoms with Crippen LogP contribution in [0.3, 0.4) is 0 Å². The zero-order valence-corrected chi connectivity index (χ0v) is 15.3. The summed E-state index contributed by atoms with van der Waals surface area (Å²) in [5, 5.41) is 0. The number of aromatic nitrogens is 2. The zero-order valence-electron chi connectivity index (χ0n) is 15.3. The Labute approximate surface area is 159 Å². The summed E-state index contributed by atoms with van der Waals surface area (Å²) in [5.41, 5.74) is 4.35. The number of rotatable bonds is 3. The van der Waals surface area contributed by atoms with Crippen LogP contribution in [-0.4, -0.2) is 27.5 Å². The smallest absolute Gasteiger partial charge is 0.258 e. The van der Waals surface area contributed by atoms with Crippen LogP contribution >= 0.6 is 0 Å². The quantitative estimate of drug-likeness (QED) is 0.720. The first-order valence-corrected chi connectivity index (χ1v) is 9.68. The molecule has 1 fully saturated rings. The van der Waals surface area contributed by atoms with E-state index in [4.69, 9.17) is 0 Å². The summed E-state index contributed by atoms with van der Waals surface area (Å²) < 4.78 is 2.03. The van der Waals surface area contributed by atoms with Crippen molar-refractivity contribution in [3.63, 3.8) is 0 Å². The van der Waals surface area contributed by atoms with Crippen molar-refractivity contribution < 1.29 is 0 Å². The van der Waals surface area contributed by atoms with E-state index in [2.05, 4.69) is 46.3 Å². The SMILES string of the molecule is O=c1c(-c2cccnc2)ccc2n1CC1CC2CN(Cc2ccccc2)C1. The predicted molar refractivity (Wildman–Crippen MR) is 107 cm³/mol. The fourth-order valence-corrected chi connectivity index (χ4v) is 4.76. The van der Waals surface area contributed by atoms with Gasteiger partial charge in [-0.1, -0.05) is 36.4 Å². The Bertz CT molecular complexity index is 997. The Hall–Kier alpha value is -2.72. The van der Waals surface area contributed by atoms with Crippen LogP contribution in [0, 0.1) is 5.92 Å². The topological polar surface area (TPSA) is 38.1 Å². The Kier molecular flexibility index (Phi) is 4.13. The van der Waals surface area contributed by atoms with Crippen LogP contribution < -0.4 is 5.56 Å². The summed E-state index contributed by atoms with van der Waals surface area (Å²) in [6.45, 7) is 3.90. The van der Waals surface area contributed by atoms with Gasteiger partial charge in [0.2, 0.25) is 0 Å². The minimum absolute atomic E-state index is 0.131. The van der Waals surface area contributed by atoms with Crippen molar-refractivity contribution in [1.29, 1.82) is 0 Å². The van der Waals surface area contributed by atoms with Gasteiger partial charge in [-0.3, -0.25) is 14.7 Å². The van der Waals surface area contributed by atoms with Crippen molar-refractivity contribution in [3.8, 4) is 11.1 Å². The molecule has 2 unspecified atom stereocenters. The van der Waals surface area contributed by atoms with Gasteiger partial charge >= 0.3 is 0 Å². The lowest BCUT2D eigenvalue weighted by Gasteiger charge is -2.43. The highest BCUT2D eigenvalue weighted by Crippen LogP contribution is 2.36. The highest BCUT2D eigenvalue weighted by molar-refractivity contribution is 5.61. The van der Waals surface area contributed by atoms with E-state index < -0.39 is 0 Å². The van der Waals surface area contributed by atoms with Gasteiger partial charge in [0.1, 0.15) is 0 Å². The minimum Gasteiger partial charge on any atom is -0.311 e. The molecular formula is C23H23N3O. The number of nitrogens with zero attached hydrogens (tertiary/aromatic N) is 3. The van der Waals surface area contributed by atoms with E-state index in [0.717, 1.165) is 37.3 Å². The molecule has 136 valence electrons. The summed E-state index contributed by atoms with van der Waals surface area (Å²) in [6, 6.07) is 18.7. The molecule has 2 aromatic heterocycles. The molecule has 0 spiro atoms. The first-order valence-electron chi connectivity index (χ1n) is 9.68. The van der Waals surface area contributed by atoms with E-state index >= 15 is 0 Å². The van der Waals surface area contributed by atoms with Crippen LogP contribution in [0.1, 0.15) is 23.6 Å². The van der Waals surface area contributed by atoms with Crippen LogP contribution in [0.4, 0.5) is 0 Å². The second-order valence-electron chi connectivity index (χ2n) is 7.81. The van der Waals surface area contributed by atoms with Crippen LogP contribution in [-0.2, 0) is 13.1 Å². The van der Waals surface area contributed by atoms with Crippen molar-refractivity contribution in [2.45, 2.75) is 25.4 Å². The lowest BCUT2D eigenvalue weighted by Crippen LogP contribution is -2.46. The lowest BCUT2D eigenvalue weighted by atomic mass is 9.82. The Morgan fingerprint density at radius 1 is 0.963 bits per heavy atom. The van der Waals surface area contributed by atoms with Gasteiger partial charge in [-0.25, -0.2) is 0 Å². The number of piperidine rings is 1. The van der Waals surface area contributed by atoms with Crippen LogP contribution in [0.5, 0.6) is 0 Å². The molecule has 5 rings (SSSR count). The molecule has 0 aliphatic carbocycles. The molecule has 2 atom stereocenters. The van der Waals surface area contributed by atoms with Gasteiger partial charge in [0.15, 0.2) is 0 Å². The van der Waals surface area contributed by atoms with Crippen molar-refractivity contribution in [2.75, 3.05) is 13.1 Å². The summed E-state index contributed by atoms with van der Waals surface area (Å²) in [5.74, 6) is 0.985. The van der Waals surface area contributed by atoms with E-state index in [1.807, 2.05) is 22.8 Å². The Morgan fingerprint density at radius 3 is 2.67 bits per heavy atom. The Morgan fingerprint density at radius 2 is 1.85 bits per heavy atom. The molecule has 4 heterocycles. The summed E-state index contributed by atoms with van der Waals surface area (Å²) in [7, 11) is 0. The number of hydrogen-bond acceptors (Lipinski definition) is 3. The Balaban J connectivity index is 1.44. The number of hydrogen-bond donors (Lipinski definition) is 0. The van der Waals surface area contributed by atoms with Gasteiger partial charge in [-0.05, 0) is 36.1 Å².